The van der Waals surface area contributed by atoms with Crippen molar-refractivity contribution < 1.29 is 9.90 Å². The van der Waals surface area contributed by atoms with Gasteiger partial charge in [-0.2, -0.15) is 0 Å². The minimum Gasteiger partial charge on any atom is -0.481 e. The van der Waals surface area contributed by atoms with E-state index in [1.54, 1.807) is 0 Å². The summed E-state index contributed by atoms with van der Waals surface area (Å²) in [4.78, 5) is 14.2. The Kier molecular flexibility index (Phi) is 4.45. The number of carbonyl (C=O) groups is 1. The van der Waals surface area contributed by atoms with Crippen LogP contribution in [0.5, 0.6) is 0 Å². The Labute approximate surface area is 153 Å². The van der Waals surface area contributed by atoms with Gasteiger partial charge in [-0.3, -0.25) is 9.36 Å². The van der Waals surface area contributed by atoms with E-state index in [-0.39, 0.29) is 5.75 Å². The molecule has 0 atom stereocenters. The number of hydrogen-bond donors (Lipinski definition) is 2. The zero-order chi connectivity index (χ0) is 17.9. The molecule has 26 heavy (non-hydrogen) atoms. The van der Waals surface area contributed by atoms with Crippen molar-refractivity contribution in [3.05, 3.63) is 72.2 Å². The second-order valence-electron chi connectivity index (χ2n) is 5.79. The molecule has 2 aromatic heterocycles. The van der Waals surface area contributed by atoms with Crippen LogP contribution in [0.25, 0.3) is 16.6 Å². The fourth-order valence-corrected chi connectivity index (χ4v) is 3.61. The number of hydrogen-bond acceptors (Lipinski definition) is 4. The molecule has 0 fully saturated rings. The van der Waals surface area contributed by atoms with Crippen LogP contribution in [0.1, 0.15) is 11.4 Å². The number of carboxylic acids is 1. The monoisotopic (exact) mass is 364 g/mol. The number of carboxylic acid groups (broad SMARTS) is 1. The molecule has 2 aromatic carbocycles. The first-order chi connectivity index (χ1) is 12.7. The lowest BCUT2D eigenvalue weighted by atomic mass is 10.1. The molecule has 0 saturated heterocycles. The van der Waals surface area contributed by atoms with Gasteiger partial charge in [0.2, 0.25) is 0 Å². The molecule has 0 unspecified atom stereocenters. The molecular formula is C19H16N4O2S. The van der Waals surface area contributed by atoms with E-state index in [0.29, 0.717) is 11.6 Å². The van der Waals surface area contributed by atoms with Gasteiger partial charge in [0.1, 0.15) is 5.82 Å². The van der Waals surface area contributed by atoms with E-state index < -0.39 is 5.97 Å². The number of aromatic nitrogens is 4. The fraction of sp³-hybridized carbons (Fsp3) is 0.105. The van der Waals surface area contributed by atoms with Gasteiger partial charge in [0.05, 0.1) is 5.75 Å². The van der Waals surface area contributed by atoms with Crippen LogP contribution in [0, 0.1) is 0 Å². The summed E-state index contributed by atoms with van der Waals surface area (Å²) >= 11 is 1.17. The van der Waals surface area contributed by atoms with Gasteiger partial charge in [-0.25, -0.2) is 0 Å². The third-order valence-electron chi connectivity index (χ3n) is 4.06. The summed E-state index contributed by atoms with van der Waals surface area (Å²) in [7, 11) is 0. The van der Waals surface area contributed by atoms with Crippen LogP contribution < -0.4 is 0 Å². The molecule has 0 amide bonds. The number of thioether (sulfide) groups is 1. The molecule has 6 nitrogen and oxygen atoms in total. The Morgan fingerprint density at radius 2 is 1.85 bits per heavy atom. The Balaban J connectivity index is 1.75. The Hall–Kier alpha value is -3.06. The predicted octanol–water partition coefficient (Wildman–Crippen LogP) is 3.52. The summed E-state index contributed by atoms with van der Waals surface area (Å²) in [5, 5.41) is 19.3. The number of H-pyrrole nitrogens is 1. The van der Waals surface area contributed by atoms with Crippen molar-refractivity contribution in [1.82, 2.24) is 19.7 Å². The number of para-hydroxylation sites is 2. The molecule has 0 radical (unpaired) electrons. The van der Waals surface area contributed by atoms with E-state index in [9.17, 15) is 4.79 Å². The zero-order valence-corrected chi connectivity index (χ0v) is 14.6. The Morgan fingerprint density at radius 1 is 1.08 bits per heavy atom. The second kappa shape index (κ2) is 7.05. The van der Waals surface area contributed by atoms with Crippen molar-refractivity contribution in [2.45, 2.75) is 11.6 Å². The SMILES string of the molecule is O=C(O)CSc1nnc(Cc2c[nH]c3ccccc23)n1-c1ccccc1. The highest BCUT2D eigenvalue weighted by atomic mass is 32.2. The zero-order valence-electron chi connectivity index (χ0n) is 13.8. The largest absolute Gasteiger partial charge is 0.481 e. The van der Waals surface area contributed by atoms with Crippen LogP contribution in [0.3, 0.4) is 0 Å². The maximum absolute atomic E-state index is 10.9. The average Bonchev–Trinajstić information content (AvgIpc) is 3.25. The number of aromatic amines is 1. The molecule has 4 aromatic rings. The summed E-state index contributed by atoms with van der Waals surface area (Å²) in [6, 6.07) is 17.9. The van der Waals surface area contributed by atoms with Gasteiger partial charge in [-0.1, -0.05) is 48.2 Å². The van der Waals surface area contributed by atoms with Crippen LogP contribution in [-0.4, -0.2) is 36.6 Å². The molecule has 0 bridgehead atoms. The summed E-state index contributed by atoms with van der Waals surface area (Å²) < 4.78 is 1.93. The summed E-state index contributed by atoms with van der Waals surface area (Å²) in [6.07, 6.45) is 2.58. The van der Waals surface area contributed by atoms with Crippen molar-refractivity contribution in [3.63, 3.8) is 0 Å². The molecular weight excluding hydrogens is 348 g/mol. The molecule has 130 valence electrons. The number of aliphatic carboxylic acids is 1. The third-order valence-corrected chi connectivity index (χ3v) is 4.98. The molecule has 2 N–H and O–H groups in total. The number of fused-ring (bicyclic) bond motifs is 1. The molecule has 0 saturated carbocycles. The van der Waals surface area contributed by atoms with Gasteiger partial charge in [0, 0.05) is 29.2 Å². The lowest BCUT2D eigenvalue weighted by Gasteiger charge is -2.09. The van der Waals surface area contributed by atoms with E-state index in [1.165, 1.54) is 11.8 Å². The lowest BCUT2D eigenvalue weighted by molar-refractivity contribution is -0.133. The van der Waals surface area contributed by atoms with Gasteiger partial charge in [-0.15, -0.1) is 10.2 Å². The van der Waals surface area contributed by atoms with Gasteiger partial charge < -0.3 is 10.1 Å². The lowest BCUT2D eigenvalue weighted by Crippen LogP contribution is -2.05. The van der Waals surface area contributed by atoms with Gasteiger partial charge >= 0.3 is 5.97 Å². The molecule has 7 heteroatoms. The van der Waals surface area contributed by atoms with Crippen molar-refractivity contribution in [1.29, 1.82) is 0 Å². The average molecular weight is 364 g/mol. The van der Waals surface area contributed by atoms with Gasteiger partial charge in [0.15, 0.2) is 5.16 Å². The molecule has 0 spiro atoms. The molecule has 2 heterocycles. The van der Waals surface area contributed by atoms with Crippen LogP contribution in [0.4, 0.5) is 0 Å². The van der Waals surface area contributed by atoms with Crippen LogP contribution in [0.15, 0.2) is 66.0 Å². The minimum atomic E-state index is -0.879. The summed E-state index contributed by atoms with van der Waals surface area (Å²) in [5.74, 6) is -0.164. The molecule has 0 aliphatic carbocycles. The van der Waals surface area contributed by atoms with Crippen molar-refractivity contribution in [3.8, 4) is 5.69 Å². The topological polar surface area (TPSA) is 83.8 Å². The van der Waals surface area contributed by atoms with Crippen molar-refractivity contribution >= 4 is 28.6 Å². The van der Waals surface area contributed by atoms with Gasteiger partial charge in [-0.05, 0) is 23.8 Å². The predicted molar refractivity (Wildman–Crippen MR) is 101 cm³/mol. The highest BCUT2D eigenvalue weighted by Crippen LogP contribution is 2.25. The van der Waals surface area contributed by atoms with E-state index in [1.807, 2.05) is 59.3 Å². The van der Waals surface area contributed by atoms with Gasteiger partial charge in [0.25, 0.3) is 0 Å². The van der Waals surface area contributed by atoms with Crippen LogP contribution >= 0.6 is 11.8 Å². The van der Waals surface area contributed by atoms with Crippen LogP contribution in [0.2, 0.25) is 0 Å². The summed E-state index contributed by atoms with van der Waals surface area (Å²) in [5.41, 5.74) is 3.12. The number of nitrogens with zero attached hydrogens (tertiary/aromatic N) is 3. The first kappa shape index (κ1) is 16.4. The number of rotatable bonds is 6. The number of nitrogens with one attached hydrogen (secondary N) is 1. The first-order valence-electron chi connectivity index (χ1n) is 8.11. The van der Waals surface area contributed by atoms with E-state index in [0.717, 1.165) is 28.0 Å². The fourth-order valence-electron chi connectivity index (χ4n) is 2.92. The normalized spacial score (nSPS) is 11.1. The van der Waals surface area contributed by atoms with Crippen molar-refractivity contribution in [2.24, 2.45) is 0 Å². The Morgan fingerprint density at radius 3 is 2.65 bits per heavy atom. The second-order valence-corrected chi connectivity index (χ2v) is 6.73. The van der Waals surface area contributed by atoms with Crippen molar-refractivity contribution in [2.75, 3.05) is 5.75 Å². The molecule has 4 rings (SSSR count). The highest BCUT2D eigenvalue weighted by Gasteiger charge is 2.17. The Bertz CT molecular complexity index is 1060. The smallest absolute Gasteiger partial charge is 0.313 e. The summed E-state index contributed by atoms with van der Waals surface area (Å²) in [6.45, 7) is 0. The third kappa shape index (κ3) is 3.21. The molecule has 0 aliphatic heterocycles. The number of benzene rings is 2. The quantitative estimate of drug-likeness (QED) is 0.512. The van der Waals surface area contributed by atoms with E-state index >= 15 is 0 Å². The highest BCUT2D eigenvalue weighted by molar-refractivity contribution is 7.99. The van der Waals surface area contributed by atoms with E-state index in [2.05, 4.69) is 21.2 Å². The maximum atomic E-state index is 10.9. The molecule has 0 aliphatic rings. The van der Waals surface area contributed by atoms with E-state index in [4.69, 9.17) is 5.11 Å². The first-order valence-corrected chi connectivity index (χ1v) is 9.10. The standard InChI is InChI=1S/C19H16N4O2S/c24-18(25)12-26-19-22-21-17(23(19)14-6-2-1-3-7-14)10-13-11-20-16-9-5-4-8-15(13)16/h1-9,11,20H,10,12H2,(H,24,25). The van der Waals surface area contributed by atoms with Crippen LogP contribution in [-0.2, 0) is 11.2 Å². The minimum absolute atomic E-state index is 0.0575. The maximum Gasteiger partial charge on any atom is 0.313 e.